The van der Waals surface area contributed by atoms with Crippen LogP contribution in [0.5, 0.6) is 5.75 Å². The fourth-order valence-electron chi connectivity index (χ4n) is 4.36. The summed E-state index contributed by atoms with van der Waals surface area (Å²) in [4.78, 5) is 2.44. The SMILES string of the molecule is COc1ccc(-c2cc(CSc3nnc([C@@H](C)N4CCCCC4)n3-c3ccc(F)cc3)on2)cc1. The van der Waals surface area contributed by atoms with Crippen molar-refractivity contribution < 1.29 is 13.7 Å². The molecule has 1 fully saturated rings. The van der Waals surface area contributed by atoms with Gasteiger partial charge in [-0.25, -0.2) is 4.39 Å². The van der Waals surface area contributed by atoms with Crippen LogP contribution in [0.2, 0.25) is 0 Å². The van der Waals surface area contributed by atoms with E-state index >= 15 is 0 Å². The molecule has 0 N–H and O–H groups in total. The highest BCUT2D eigenvalue weighted by Gasteiger charge is 2.25. The first-order valence-corrected chi connectivity index (χ1v) is 12.8. The molecule has 0 radical (unpaired) electrons. The number of likely N-dealkylation sites (tertiary alicyclic amines) is 1. The van der Waals surface area contributed by atoms with E-state index in [1.165, 1.54) is 43.2 Å². The molecule has 4 aromatic rings. The first kappa shape index (κ1) is 23.6. The molecule has 2 aromatic heterocycles. The minimum Gasteiger partial charge on any atom is -0.497 e. The lowest BCUT2D eigenvalue weighted by Gasteiger charge is -2.31. The highest BCUT2D eigenvalue weighted by molar-refractivity contribution is 7.98. The summed E-state index contributed by atoms with van der Waals surface area (Å²) in [7, 11) is 1.64. The number of aromatic nitrogens is 4. The molecule has 0 unspecified atom stereocenters. The molecular formula is C26H28FN5O2S. The van der Waals surface area contributed by atoms with Gasteiger partial charge in [-0.15, -0.1) is 10.2 Å². The summed E-state index contributed by atoms with van der Waals surface area (Å²) in [6.45, 7) is 4.26. The maximum Gasteiger partial charge on any atom is 0.196 e. The number of nitrogens with zero attached hydrogens (tertiary/aromatic N) is 5. The molecule has 3 heterocycles. The smallest absolute Gasteiger partial charge is 0.196 e. The van der Waals surface area contributed by atoms with Gasteiger partial charge in [0, 0.05) is 17.3 Å². The summed E-state index contributed by atoms with van der Waals surface area (Å²) in [5.74, 6) is 2.66. The lowest BCUT2D eigenvalue weighted by Crippen LogP contribution is -2.33. The molecule has 0 bridgehead atoms. The van der Waals surface area contributed by atoms with Crippen LogP contribution in [-0.2, 0) is 5.75 Å². The van der Waals surface area contributed by atoms with Gasteiger partial charge in [0.2, 0.25) is 0 Å². The molecular weight excluding hydrogens is 465 g/mol. The summed E-state index contributed by atoms with van der Waals surface area (Å²) >= 11 is 1.52. The molecule has 7 nitrogen and oxygen atoms in total. The van der Waals surface area contributed by atoms with Crippen LogP contribution in [0.4, 0.5) is 4.39 Å². The molecule has 0 saturated carbocycles. The Morgan fingerprint density at radius 3 is 2.49 bits per heavy atom. The van der Waals surface area contributed by atoms with Crippen LogP contribution in [0.1, 0.15) is 43.8 Å². The number of hydrogen-bond donors (Lipinski definition) is 0. The van der Waals surface area contributed by atoms with Crippen molar-refractivity contribution in [1.82, 2.24) is 24.8 Å². The zero-order valence-electron chi connectivity index (χ0n) is 19.9. The summed E-state index contributed by atoms with van der Waals surface area (Å²) in [5, 5.41) is 14.0. The van der Waals surface area contributed by atoms with Crippen molar-refractivity contribution in [2.24, 2.45) is 0 Å². The van der Waals surface area contributed by atoms with Crippen LogP contribution >= 0.6 is 11.8 Å². The lowest BCUT2D eigenvalue weighted by atomic mass is 10.1. The van der Waals surface area contributed by atoms with Crippen LogP contribution in [0.15, 0.2) is 64.3 Å². The van der Waals surface area contributed by atoms with E-state index in [1.807, 2.05) is 34.9 Å². The van der Waals surface area contributed by atoms with Crippen LogP contribution in [-0.4, -0.2) is 45.0 Å². The third kappa shape index (κ3) is 5.26. The molecule has 1 aliphatic rings. The summed E-state index contributed by atoms with van der Waals surface area (Å²) < 4.78 is 26.5. The van der Waals surface area contributed by atoms with Gasteiger partial charge in [-0.3, -0.25) is 9.47 Å². The topological polar surface area (TPSA) is 69.2 Å². The van der Waals surface area contributed by atoms with E-state index in [9.17, 15) is 4.39 Å². The standard InChI is InChI=1S/C26H28FN5O2S/c1-18(31-14-4-3-5-15-31)25-28-29-26(32(25)21-10-8-20(27)9-11-21)35-17-23-16-24(30-34-23)19-6-12-22(33-2)13-7-19/h6-13,16,18H,3-5,14-15,17H2,1-2H3/t18-/m1/s1. The highest BCUT2D eigenvalue weighted by atomic mass is 32.2. The van der Waals surface area contributed by atoms with Gasteiger partial charge in [-0.05, 0) is 81.4 Å². The van der Waals surface area contributed by atoms with E-state index in [4.69, 9.17) is 9.26 Å². The Kier molecular flexibility index (Phi) is 7.15. The Labute approximate surface area is 208 Å². The average Bonchev–Trinajstić information content (AvgIpc) is 3.55. The van der Waals surface area contributed by atoms with Crippen molar-refractivity contribution >= 4 is 11.8 Å². The van der Waals surface area contributed by atoms with E-state index in [0.29, 0.717) is 5.75 Å². The second-order valence-electron chi connectivity index (χ2n) is 8.62. The molecule has 1 atom stereocenters. The fraction of sp³-hybridized carbons (Fsp3) is 0.346. The Morgan fingerprint density at radius 2 is 1.77 bits per heavy atom. The number of ether oxygens (including phenoxy) is 1. The van der Waals surface area contributed by atoms with E-state index in [1.54, 1.807) is 19.2 Å². The lowest BCUT2D eigenvalue weighted by molar-refractivity contribution is 0.167. The molecule has 2 aromatic carbocycles. The molecule has 35 heavy (non-hydrogen) atoms. The quantitative estimate of drug-likeness (QED) is 0.283. The highest BCUT2D eigenvalue weighted by Crippen LogP contribution is 2.31. The number of halogens is 1. The molecule has 9 heteroatoms. The minimum atomic E-state index is -0.269. The zero-order chi connectivity index (χ0) is 24.2. The fourth-order valence-corrected chi connectivity index (χ4v) is 5.20. The van der Waals surface area contributed by atoms with E-state index in [-0.39, 0.29) is 11.9 Å². The van der Waals surface area contributed by atoms with Gasteiger partial charge < -0.3 is 9.26 Å². The largest absolute Gasteiger partial charge is 0.497 e. The van der Waals surface area contributed by atoms with E-state index in [0.717, 1.165) is 52.5 Å². The molecule has 1 saturated heterocycles. The van der Waals surface area contributed by atoms with Crippen LogP contribution in [0, 0.1) is 5.82 Å². The van der Waals surface area contributed by atoms with Crippen molar-refractivity contribution in [3.63, 3.8) is 0 Å². The second-order valence-corrected chi connectivity index (χ2v) is 9.56. The molecule has 182 valence electrons. The molecule has 5 rings (SSSR count). The monoisotopic (exact) mass is 493 g/mol. The Bertz CT molecular complexity index is 1250. The van der Waals surface area contributed by atoms with Gasteiger partial charge in [0.15, 0.2) is 11.0 Å². The van der Waals surface area contributed by atoms with Gasteiger partial charge in [-0.2, -0.15) is 0 Å². The van der Waals surface area contributed by atoms with Crippen LogP contribution < -0.4 is 4.74 Å². The Balaban J connectivity index is 1.38. The maximum atomic E-state index is 13.7. The number of rotatable bonds is 8. The second kappa shape index (κ2) is 10.6. The van der Waals surface area contributed by atoms with Gasteiger partial charge in [0.1, 0.15) is 23.0 Å². The Morgan fingerprint density at radius 1 is 1.03 bits per heavy atom. The van der Waals surface area contributed by atoms with Crippen LogP contribution in [0.25, 0.3) is 16.9 Å². The molecule has 1 aliphatic heterocycles. The van der Waals surface area contributed by atoms with Crippen molar-refractivity contribution in [3.05, 3.63) is 72.0 Å². The van der Waals surface area contributed by atoms with Crippen molar-refractivity contribution in [2.45, 2.75) is 43.1 Å². The first-order chi connectivity index (χ1) is 17.1. The zero-order valence-corrected chi connectivity index (χ0v) is 20.7. The first-order valence-electron chi connectivity index (χ1n) is 11.8. The van der Waals surface area contributed by atoms with Crippen LogP contribution in [0.3, 0.4) is 0 Å². The Hall–Kier alpha value is -3.17. The number of thioether (sulfide) groups is 1. The van der Waals surface area contributed by atoms with Gasteiger partial charge >= 0.3 is 0 Å². The average molecular weight is 494 g/mol. The number of piperidine rings is 1. The third-order valence-electron chi connectivity index (χ3n) is 6.34. The molecule has 0 spiro atoms. The van der Waals surface area contributed by atoms with Gasteiger partial charge in [-0.1, -0.05) is 23.3 Å². The van der Waals surface area contributed by atoms with Gasteiger partial charge in [0.05, 0.1) is 18.9 Å². The summed E-state index contributed by atoms with van der Waals surface area (Å²) in [5.41, 5.74) is 2.56. The predicted molar refractivity (Wildman–Crippen MR) is 133 cm³/mol. The number of methoxy groups -OCH3 is 1. The van der Waals surface area contributed by atoms with Crippen molar-refractivity contribution in [3.8, 4) is 22.7 Å². The van der Waals surface area contributed by atoms with Crippen molar-refractivity contribution in [2.75, 3.05) is 20.2 Å². The maximum absolute atomic E-state index is 13.7. The van der Waals surface area contributed by atoms with E-state index in [2.05, 4.69) is 27.2 Å². The van der Waals surface area contributed by atoms with Crippen molar-refractivity contribution in [1.29, 1.82) is 0 Å². The predicted octanol–water partition coefficient (Wildman–Crippen LogP) is 5.91. The van der Waals surface area contributed by atoms with E-state index < -0.39 is 0 Å². The number of hydrogen-bond acceptors (Lipinski definition) is 7. The normalized spacial score (nSPS) is 15.3. The minimum absolute atomic E-state index is 0.106. The molecule has 0 aliphatic carbocycles. The molecule has 0 amide bonds. The summed E-state index contributed by atoms with van der Waals surface area (Å²) in [6.07, 6.45) is 3.65. The summed E-state index contributed by atoms with van der Waals surface area (Å²) in [6, 6.07) is 16.2. The third-order valence-corrected chi connectivity index (χ3v) is 7.29. The number of benzene rings is 2. The van der Waals surface area contributed by atoms with Gasteiger partial charge in [0.25, 0.3) is 0 Å².